The predicted octanol–water partition coefficient (Wildman–Crippen LogP) is -2.90. The molecule has 11 N–H and O–H groups in total. The van der Waals surface area contributed by atoms with Crippen LogP contribution in [-0.4, -0.2) is 174 Å². The van der Waals surface area contributed by atoms with Crippen molar-refractivity contribution in [1.82, 2.24) is 0 Å². The normalized spacial score (nSPS) is 37.3. The maximum absolute atomic E-state index is 13.3. The molecule has 3 aliphatic heterocycles. The average Bonchev–Trinajstić information content (AvgIpc) is 3.15. The van der Waals surface area contributed by atoms with Gasteiger partial charge < -0.3 is 89.3 Å². The highest BCUT2D eigenvalue weighted by Crippen LogP contribution is 2.33. The van der Waals surface area contributed by atoms with Crippen molar-refractivity contribution in [3.8, 4) is 17.2 Å². The fourth-order valence-corrected chi connectivity index (χ4v) is 6.08. The van der Waals surface area contributed by atoms with Crippen molar-refractivity contribution in [3.05, 3.63) is 59.7 Å². The molecule has 3 saturated heterocycles. The maximum Gasteiger partial charge on any atom is 0.331 e. The Morgan fingerprint density at radius 1 is 0.704 bits per heavy atom. The average molecular weight is 771 g/mol. The van der Waals surface area contributed by atoms with Crippen LogP contribution in [0.25, 0.3) is 6.08 Å². The third-order valence-electron chi connectivity index (χ3n) is 9.26. The van der Waals surface area contributed by atoms with E-state index in [0.29, 0.717) is 11.1 Å². The van der Waals surface area contributed by atoms with E-state index in [1.165, 1.54) is 55.5 Å². The third-order valence-corrected chi connectivity index (χ3v) is 9.26. The first-order valence-electron chi connectivity index (χ1n) is 17.1. The van der Waals surface area contributed by atoms with E-state index in [0.717, 1.165) is 6.08 Å². The Bertz CT molecular complexity index is 1540. The van der Waals surface area contributed by atoms with Gasteiger partial charge in [-0.3, -0.25) is 0 Å². The summed E-state index contributed by atoms with van der Waals surface area (Å²) in [4.78, 5) is 13.3. The molecule has 0 spiro atoms. The van der Waals surface area contributed by atoms with Gasteiger partial charge in [0.25, 0.3) is 0 Å². The Morgan fingerprint density at radius 3 is 2.04 bits per heavy atom. The first-order valence-corrected chi connectivity index (χ1v) is 17.1. The zero-order valence-corrected chi connectivity index (χ0v) is 28.9. The van der Waals surface area contributed by atoms with Crippen LogP contribution >= 0.6 is 0 Å². The van der Waals surface area contributed by atoms with Crippen LogP contribution in [0.1, 0.15) is 18.1 Å². The number of aliphatic hydroxyl groups is 8. The van der Waals surface area contributed by atoms with Gasteiger partial charge in [-0.05, 0) is 54.8 Å². The van der Waals surface area contributed by atoms with Crippen LogP contribution in [0.15, 0.2) is 48.5 Å². The molecule has 0 bridgehead atoms. The number of hydrogen-bond acceptors (Lipinski definition) is 19. The van der Waals surface area contributed by atoms with Crippen molar-refractivity contribution in [2.45, 2.75) is 105 Å². The van der Waals surface area contributed by atoms with Gasteiger partial charge in [0.05, 0.1) is 25.9 Å². The van der Waals surface area contributed by atoms with E-state index in [1.807, 2.05) is 0 Å². The van der Waals surface area contributed by atoms with E-state index in [2.05, 4.69) is 0 Å². The Hall–Kier alpha value is -3.51. The van der Waals surface area contributed by atoms with Crippen molar-refractivity contribution in [2.24, 2.45) is 0 Å². The molecule has 0 aromatic heterocycles. The van der Waals surface area contributed by atoms with Gasteiger partial charge in [0.1, 0.15) is 66.8 Å². The molecule has 15 atom stereocenters. The lowest BCUT2D eigenvalue weighted by molar-refractivity contribution is -0.364. The van der Waals surface area contributed by atoms with Crippen LogP contribution in [0, 0.1) is 0 Å². The van der Waals surface area contributed by atoms with Gasteiger partial charge in [0.15, 0.2) is 36.5 Å². The van der Waals surface area contributed by atoms with Gasteiger partial charge in [-0.25, -0.2) is 4.79 Å². The molecule has 0 amide bonds. The monoisotopic (exact) mass is 770 g/mol. The summed E-state index contributed by atoms with van der Waals surface area (Å²) in [5.41, 5.74) is 1.02. The van der Waals surface area contributed by atoms with E-state index in [1.54, 1.807) is 0 Å². The smallest absolute Gasteiger partial charge is 0.331 e. The molecule has 2 aromatic rings. The minimum absolute atomic E-state index is 0.0117. The molecule has 15 unspecified atom stereocenters. The Kier molecular flexibility index (Phi) is 14.2. The van der Waals surface area contributed by atoms with Crippen molar-refractivity contribution < 1.29 is 94.1 Å². The number of phenolic OH excluding ortho intramolecular Hbond substituents is 3. The van der Waals surface area contributed by atoms with Gasteiger partial charge in [0.2, 0.25) is 0 Å². The fraction of sp³-hybridized carbons (Fsp3) is 0.571. The number of aromatic hydroxyl groups is 3. The molecular formula is C35H46O19. The van der Waals surface area contributed by atoms with Gasteiger partial charge in [-0.15, -0.1) is 0 Å². The second-order valence-electron chi connectivity index (χ2n) is 13.1. The molecule has 54 heavy (non-hydrogen) atoms. The zero-order chi connectivity index (χ0) is 39.3. The molecule has 0 aliphatic carbocycles. The van der Waals surface area contributed by atoms with Crippen LogP contribution in [0.3, 0.4) is 0 Å². The molecule has 5 rings (SSSR count). The van der Waals surface area contributed by atoms with Crippen molar-refractivity contribution >= 4 is 12.0 Å². The number of phenols is 3. The minimum atomic E-state index is -1.86. The summed E-state index contributed by atoms with van der Waals surface area (Å²) in [6.07, 6.45) is -21.9. The van der Waals surface area contributed by atoms with Gasteiger partial charge >= 0.3 is 5.97 Å². The molecule has 3 heterocycles. The number of rotatable bonds is 13. The first-order chi connectivity index (χ1) is 25.7. The summed E-state index contributed by atoms with van der Waals surface area (Å²) < 4.78 is 40.3. The molecule has 3 aliphatic rings. The number of carbonyl (C=O) groups excluding carboxylic acids is 1. The summed E-state index contributed by atoms with van der Waals surface area (Å²) in [6.45, 7) is -0.167. The Labute approximate surface area is 308 Å². The van der Waals surface area contributed by atoms with E-state index >= 15 is 0 Å². The third kappa shape index (κ3) is 9.83. The van der Waals surface area contributed by atoms with E-state index in [9.17, 15) is 61.0 Å². The fourth-order valence-electron chi connectivity index (χ4n) is 6.08. The summed E-state index contributed by atoms with van der Waals surface area (Å²) in [5.74, 6) is -1.74. The summed E-state index contributed by atoms with van der Waals surface area (Å²) >= 11 is 0. The molecule has 19 nitrogen and oxygen atoms in total. The molecule has 0 saturated carbocycles. The number of benzene rings is 2. The lowest BCUT2D eigenvalue weighted by atomic mass is 9.96. The van der Waals surface area contributed by atoms with Crippen LogP contribution in [-0.2, 0) is 44.4 Å². The van der Waals surface area contributed by atoms with E-state index in [-0.39, 0.29) is 30.3 Å². The van der Waals surface area contributed by atoms with Crippen molar-refractivity contribution in [3.63, 3.8) is 0 Å². The van der Waals surface area contributed by atoms with Crippen molar-refractivity contribution in [2.75, 3.05) is 19.8 Å². The SMILES string of the molecule is CC1OC(OC2C(O)C(OCCc3ccc(O)c(O)c3)OC(COC3OC(CO)C(O)C(O)C3O)C2OC(=O)C=Cc2ccc(O)cc2)C(O)C(O)C1O. The first kappa shape index (κ1) is 41.6. The minimum Gasteiger partial charge on any atom is -0.508 e. The summed E-state index contributed by atoms with van der Waals surface area (Å²) in [5, 5.41) is 113. The predicted molar refractivity (Wildman–Crippen MR) is 178 cm³/mol. The van der Waals surface area contributed by atoms with Crippen LogP contribution in [0.2, 0.25) is 0 Å². The molecular weight excluding hydrogens is 724 g/mol. The number of aliphatic hydroxyl groups excluding tert-OH is 8. The van der Waals surface area contributed by atoms with Gasteiger partial charge in [-0.1, -0.05) is 18.2 Å². The summed E-state index contributed by atoms with van der Waals surface area (Å²) in [6, 6.07) is 9.88. The van der Waals surface area contributed by atoms with Gasteiger partial charge in [-0.2, -0.15) is 0 Å². The Morgan fingerprint density at radius 2 is 1.35 bits per heavy atom. The number of carbonyl (C=O) groups is 1. The van der Waals surface area contributed by atoms with Crippen LogP contribution in [0.4, 0.5) is 0 Å². The van der Waals surface area contributed by atoms with Crippen molar-refractivity contribution in [1.29, 1.82) is 0 Å². The zero-order valence-electron chi connectivity index (χ0n) is 28.9. The topological polar surface area (TPSA) is 304 Å². The Balaban J connectivity index is 1.43. The van der Waals surface area contributed by atoms with Crippen LogP contribution < -0.4 is 0 Å². The van der Waals surface area contributed by atoms with E-state index in [4.69, 9.17) is 33.2 Å². The lowest BCUT2D eigenvalue weighted by Crippen LogP contribution is -2.65. The molecule has 19 heteroatoms. The number of ether oxygens (including phenoxy) is 7. The second-order valence-corrected chi connectivity index (χ2v) is 13.1. The quantitative estimate of drug-likeness (QED) is 0.0553. The summed E-state index contributed by atoms with van der Waals surface area (Å²) in [7, 11) is 0. The highest BCUT2D eigenvalue weighted by atomic mass is 16.8. The number of hydrogen-bond donors (Lipinski definition) is 11. The molecule has 3 fully saturated rings. The molecule has 300 valence electrons. The maximum atomic E-state index is 13.3. The highest BCUT2D eigenvalue weighted by Gasteiger charge is 2.53. The highest BCUT2D eigenvalue weighted by molar-refractivity contribution is 5.87. The van der Waals surface area contributed by atoms with Crippen LogP contribution in [0.5, 0.6) is 17.2 Å². The lowest BCUT2D eigenvalue weighted by Gasteiger charge is -2.47. The van der Waals surface area contributed by atoms with Gasteiger partial charge in [0, 0.05) is 6.08 Å². The standard InChI is InChI=1S/C35H46O19/c1-15-24(41)26(43)29(46)35(50-15)54-32-30(47)34(48-11-10-17-4-8-19(38)20(39)12-17)52-22(14-49-33-28(45)27(44)25(42)21(13-36)51-33)31(32)53-23(40)9-5-16-2-6-18(37)7-3-16/h2-9,12,15,21-22,24-39,41-47H,10-11,13-14H2,1H3. The largest absolute Gasteiger partial charge is 0.508 e. The number of esters is 1. The molecule has 2 aromatic carbocycles. The second kappa shape index (κ2) is 18.4. The molecule has 0 radical (unpaired) electrons. The van der Waals surface area contributed by atoms with E-state index < -0.39 is 111 Å².